The van der Waals surface area contributed by atoms with Crippen LogP contribution in [0.2, 0.25) is 0 Å². The summed E-state index contributed by atoms with van der Waals surface area (Å²) in [5, 5.41) is 0.998. The van der Waals surface area contributed by atoms with E-state index in [1.807, 2.05) is 61.5 Å². The highest BCUT2D eigenvalue weighted by atomic mass is 16.5. The number of hydrogen-bond donors (Lipinski definition) is 0. The van der Waals surface area contributed by atoms with Crippen molar-refractivity contribution in [1.29, 1.82) is 0 Å². The highest BCUT2D eigenvalue weighted by molar-refractivity contribution is 5.86. The summed E-state index contributed by atoms with van der Waals surface area (Å²) in [4.78, 5) is 9.20. The van der Waals surface area contributed by atoms with Gasteiger partial charge in [-0.05, 0) is 49.4 Å². The first-order valence-electron chi connectivity index (χ1n) is 12.1. The molecule has 6 heteroatoms. The van der Waals surface area contributed by atoms with Crippen LogP contribution in [0.1, 0.15) is 29.7 Å². The molecular weight excluding hydrogens is 440 g/mol. The van der Waals surface area contributed by atoms with Gasteiger partial charge in [-0.25, -0.2) is 9.97 Å². The second kappa shape index (κ2) is 11.2. The summed E-state index contributed by atoms with van der Waals surface area (Å²) in [7, 11) is 0. The first kappa shape index (κ1) is 23.1. The van der Waals surface area contributed by atoms with E-state index in [4.69, 9.17) is 23.9 Å². The number of benzene rings is 2. The van der Waals surface area contributed by atoms with Gasteiger partial charge in [-0.15, -0.1) is 0 Å². The lowest BCUT2D eigenvalue weighted by Gasteiger charge is -2.21. The van der Waals surface area contributed by atoms with Crippen LogP contribution in [0.5, 0.6) is 17.4 Å². The lowest BCUT2D eigenvalue weighted by molar-refractivity contribution is 0.0490. The third-order valence-electron chi connectivity index (χ3n) is 6.29. The van der Waals surface area contributed by atoms with Crippen LogP contribution in [-0.4, -0.2) is 29.8 Å². The van der Waals surface area contributed by atoms with Crippen molar-refractivity contribution in [3.8, 4) is 17.4 Å². The Hall–Kier alpha value is -3.64. The van der Waals surface area contributed by atoms with Crippen LogP contribution in [-0.2, 0) is 18.0 Å². The van der Waals surface area contributed by atoms with Gasteiger partial charge in [-0.2, -0.15) is 0 Å². The molecule has 0 unspecified atom stereocenters. The Bertz CT molecular complexity index is 1260. The van der Waals surface area contributed by atoms with E-state index in [0.717, 1.165) is 59.5 Å². The van der Waals surface area contributed by atoms with Gasteiger partial charge in [0.2, 0.25) is 5.88 Å². The van der Waals surface area contributed by atoms with Crippen molar-refractivity contribution in [2.45, 2.75) is 33.0 Å². The van der Waals surface area contributed by atoms with Gasteiger partial charge in [0.1, 0.15) is 24.7 Å². The first-order valence-corrected chi connectivity index (χ1v) is 12.1. The van der Waals surface area contributed by atoms with Crippen molar-refractivity contribution in [2.24, 2.45) is 5.92 Å². The molecule has 180 valence electrons. The van der Waals surface area contributed by atoms with E-state index in [0.29, 0.717) is 37.4 Å². The van der Waals surface area contributed by atoms with Crippen molar-refractivity contribution in [3.63, 3.8) is 0 Å². The van der Waals surface area contributed by atoms with Crippen LogP contribution >= 0.6 is 0 Å². The molecule has 6 nitrogen and oxygen atoms in total. The summed E-state index contributed by atoms with van der Waals surface area (Å²) in [6.07, 6.45) is 3.76. The summed E-state index contributed by atoms with van der Waals surface area (Å²) >= 11 is 0. The van der Waals surface area contributed by atoms with E-state index in [9.17, 15) is 0 Å². The monoisotopic (exact) mass is 470 g/mol. The molecule has 2 aromatic heterocycles. The lowest BCUT2D eigenvalue weighted by atomic mass is 10.0. The van der Waals surface area contributed by atoms with Gasteiger partial charge in [0.25, 0.3) is 0 Å². The Morgan fingerprint density at radius 3 is 2.54 bits per heavy atom. The zero-order chi connectivity index (χ0) is 23.9. The van der Waals surface area contributed by atoms with Crippen molar-refractivity contribution in [2.75, 3.05) is 19.8 Å². The van der Waals surface area contributed by atoms with Crippen LogP contribution < -0.4 is 14.2 Å². The number of para-hydroxylation sites is 1. The number of fused-ring (bicyclic) bond motifs is 1. The molecule has 0 saturated carbocycles. The third-order valence-corrected chi connectivity index (χ3v) is 6.29. The van der Waals surface area contributed by atoms with Crippen LogP contribution in [0.25, 0.3) is 10.9 Å². The molecule has 2 aromatic carbocycles. The van der Waals surface area contributed by atoms with Gasteiger partial charge in [0, 0.05) is 36.4 Å². The van der Waals surface area contributed by atoms with Crippen molar-refractivity contribution < 1.29 is 18.9 Å². The molecular formula is C29H30N2O4. The Kier molecular flexibility index (Phi) is 7.39. The summed E-state index contributed by atoms with van der Waals surface area (Å²) in [5.41, 5.74) is 3.82. The quantitative estimate of drug-likeness (QED) is 0.303. The summed E-state index contributed by atoms with van der Waals surface area (Å²) in [6, 6.07) is 21.9. The van der Waals surface area contributed by atoms with Gasteiger partial charge in [-0.1, -0.05) is 42.5 Å². The van der Waals surface area contributed by atoms with Gasteiger partial charge < -0.3 is 18.9 Å². The highest BCUT2D eigenvalue weighted by Crippen LogP contribution is 2.32. The molecule has 3 heterocycles. The number of ether oxygens (including phenoxy) is 4. The first-order chi connectivity index (χ1) is 17.3. The Morgan fingerprint density at radius 2 is 1.69 bits per heavy atom. The molecule has 0 spiro atoms. The molecule has 1 aliphatic rings. The Balaban J connectivity index is 1.29. The van der Waals surface area contributed by atoms with E-state index in [1.54, 1.807) is 6.20 Å². The number of pyridine rings is 2. The number of nitrogens with zero attached hydrogens (tertiary/aromatic N) is 2. The van der Waals surface area contributed by atoms with Crippen LogP contribution in [0.4, 0.5) is 0 Å². The second-order valence-corrected chi connectivity index (χ2v) is 8.79. The van der Waals surface area contributed by atoms with Crippen LogP contribution in [0, 0.1) is 12.8 Å². The summed E-state index contributed by atoms with van der Waals surface area (Å²) in [6.45, 7) is 5.11. The fourth-order valence-corrected chi connectivity index (χ4v) is 4.21. The van der Waals surface area contributed by atoms with Crippen LogP contribution in [0.3, 0.4) is 0 Å². The van der Waals surface area contributed by atoms with E-state index in [2.05, 4.69) is 17.1 Å². The minimum absolute atomic E-state index is 0.321. The maximum absolute atomic E-state index is 6.30. The fourth-order valence-electron chi connectivity index (χ4n) is 4.21. The topological polar surface area (TPSA) is 62.7 Å². The standard InChI is InChI=1S/C29H30N2O4/c1-21-27(20-33-24-11-14-30-28(17-24)34-18-23-12-15-32-16-13-23)31-26-10-6-5-9-25(26)29(21)35-19-22-7-3-2-4-8-22/h2-11,14,17,23H,12-13,15-16,18-20H2,1H3. The average molecular weight is 471 g/mol. The molecule has 0 bridgehead atoms. The van der Waals surface area contributed by atoms with Crippen molar-refractivity contribution >= 4 is 10.9 Å². The SMILES string of the molecule is Cc1c(COc2ccnc(OCC3CCOCC3)c2)nc2ccccc2c1OCc1ccccc1. The largest absolute Gasteiger partial charge is 0.488 e. The van der Waals surface area contributed by atoms with E-state index >= 15 is 0 Å². The molecule has 0 aliphatic carbocycles. The second-order valence-electron chi connectivity index (χ2n) is 8.79. The zero-order valence-corrected chi connectivity index (χ0v) is 20.0. The summed E-state index contributed by atoms with van der Waals surface area (Å²) < 4.78 is 23.8. The molecule has 0 radical (unpaired) electrons. The Labute approximate surface area is 205 Å². The Morgan fingerprint density at radius 1 is 0.886 bits per heavy atom. The molecule has 1 saturated heterocycles. The van der Waals surface area contributed by atoms with Gasteiger partial charge in [-0.3, -0.25) is 0 Å². The molecule has 1 fully saturated rings. The maximum atomic E-state index is 6.30. The fraction of sp³-hybridized carbons (Fsp3) is 0.310. The number of rotatable bonds is 9. The molecule has 0 atom stereocenters. The normalized spacial score (nSPS) is 14.1. The highest BCUT2D eigenvalue weighted by Gasteiger charge is 2.16. The van der Waals surface area contributed by atoms with E-state index in [-0.39, 0.29) is 0 Å². The molecule has 4 aromatic rings. The van der Waals surface area contributed by atoms with Crippen molar-refractivity contribution in [3.05, 3.63) is 89.7 Å². The molecule has 0 N–H and O–H groups in total. The molecule has 0 amide bonds. The van der Waals surface area contributed by atoms with Gasteiger partial charge >= 0.3 is 0 Å². The molecule has 1 aliphatic heterocycles. The van der Waals surface area contributed by atoms with Crippen molar-refractivity contribution in [1.82, 2.24) is 9.97 Å². The molecule has 35 heavy (non-hydrogen) atoms. The lowest BCUT2D eigenvalue weighted by Crippen LogP contribution is -2.21. The van der Waals surface area contributed by atoms with Gasteiger partial charge in [0.15, 0.2) is 0 Å². The maximum Gasteiger partial charge on any atom is 0.216 e. The summed E-state index contributed by atoms with van der Waals surface area (Å²) in [5.74, 6) is 2.62. The number of hydrogen-bond acceptors (Lipinski definition) is 6. The van der Waals surface area contributed by atoms with E-state index in [1.165, 1.54) is 0 Å². The van der Waals surface area contributed by atoms with Crippen LogP contribution in [0.15, 0.2) is 72.9 Å². The predicted molar refractivity (Wildman–Crippen MR) is 135 cm³/mol. The van der Waals surface area contributed by atoms with E-state index < -0.39 is 0 Å². The smallest absolute Gasteiger partial charge is 0.216 e. The molecule has 5 rings (SSSR count). The zero-order valence-electron chi connectivity index (χ0n) is 20.0. The average Bonchev–Trinajstić information content (AvgIpc) is 2.92. The van der Waals surface area contributed by atoms with Gasteiger partial charge in [0.05, 0.1) is 17.8 Å². The predicted octanol–water partition coefficient (Wildman–Crippen LogP) is 5.90. The minimum atomic E-state index is 0.321. The third kappa shape index (κ3) is 5.89. The minimum Gasteiger partial charge on any atom is -0.488 e. The number of aromatic nitrogens is 2.